The van der Waals surface area contributed by atoms with Crippen LogP contribution >= 0.6 is 11.8 Å². The first-order chi connectivity index (χ1) is 14.9. The van der Waals surface area contributed by atoms with Crippen molar-refractivity contribution in [2.45, 2.75) is 32.4 Å². The molecule has 0 aliphatic carbocycles. The van der Waals surface area contributed by atoms with Crippen LogP contribution in [0.25, 0.3) is 11.4 Å². The lowest BCUT2D eigenvalue weighted by Crippen LogP contribution is -2.56. The van der Waals surface area contributed by atoms with Gasteiger partial charge in [-0.3, -0.25) is 9.69 Å². The maximum atomic E-state index is 12.9. The first kappa shape index (κ1) is 23.1. The Labute approximate surface area is 186 Å². The average molecular weight is 447 g/mol. The van der Waals surface area contributed by atoms with Crippen LogP contribution in [0.15, 0.2) is 28.8 Å². The Morgan fingerprint density at radius 3 is 2.52 bits per heavy atom. The summed E-state index contributed by atoms with van der Waals surface area (Å²) in [7, 11) is 0. The number of primary amides is 1. The van der Waals surface area contributed by atoms with Crippen LogP contribution in [0.3, 0.4) is 0 Å². The Hall–Kier alpha value is -2.59. The summed E-state index contributed by atoms with van der Waals surface area (Å²) in [6.07, 6.45) is 2.52. The van der Waals surface area contributed by atoms with E-state index in [1.54, 1.807) is 16.7 Å². The fourth-order valence-corrected chi connectivity index (χ4v) is 4.07. The van der Waals surface area contributed by atoms with E-state index in [9.17, 15) is 9.59 Å². The van der Waals surface area contributed by atoms with Crippen LogP contribution in [0.4, 0.5) is 4.79 Å². The molecule has 168 valence electrons. The highest BCUT2D eigenvalue weighted by molar-refractivity contribution is 7.98. The number of nitrogens with zero attached hydrogens (tertiary/aromatic N) is 4. The van der Waals surface area contributed by atoms with Gasteiger partial charge in [-0.2, -0.15) is 16.7 Å². The molecular formula is C21H30N6O3S. The van der Waals surface area contributed by atoms with Gasteiger partial charge in [0.1, 0.15) is 6.04 Å². The van der Waals surface area contributed by atoms with Crippen molar-refractivity contribution in [3.8, 4) is 11.4 Å². The van der Waals surface area contributed by atoms with Crippen LogP contribution in [0.5, 0.6) is 0 Å². The molecular weight excluding hydrogens is 416 g/mol. The van der Waals surface area contributed by atoms with Crippen molar-refractivity contribution in [3.05, 3.63) is 35.7 Å². The molecule has 3 amide bonds. The van der Waals surface area contributed by atoms with Gasteiger partial charge in [0.2, 0.25) is 17.6 Å². The van der Waals surface area contributed by atoms with Gasteiger partial charge in [0.15, 0.2) is 0 Å². The molecule has 0 saturated carbocycles. The van der Waals surface area contributed by atoms with Gasteiger partial charge in [-0.15, -0.1) is 0 Å². The Morgan fingerprint density at radius 2 is 1.90 bits per heavy atom. The third kappa shape index (κ3) is 5.98. The van der Waals surface area contributed by atoms with E-state index in [-0.39, 0.29) is 11.9 Å². The van der Waals surface area contributed by atoms with Crippen molar-refractivity contribution in [1.29, 1.82) is 0 Å². The number of carbonyl (C=O) groups is 2. The summed E-state index contributed by atoms with van der Waals surface area (Å²) < 4.78 is 5.52. The Bertz CT molecular complexity index is 879. The van der Waals surface area contributed by atoms with Gasteiger partial charge in [0.05, 0.1) is 6.04 Å². The van der Waals surface area contributed by atoms with Crippen LogP contribution in [-0.4, -0.2) is 76.1 Å². The molecule has 2 aromatic rings. The highest BCUT2D eigenvalue weighted by Crippen LogP contribution is 2.24. The number of nitrogens with two attached hydrogens (primary N) is 1. The summed E-state index contributed by atoms with van der Waals surface area (Å²) >= 11 is 1.63. The van der Waals surface area contributed by atoms with Gasteiger partial charge in [-0.05, 0) is 32.3 Å². The summed E-state index contributed by atoms with van der Waals surface area (Å²) in [5.41, 5.74) is 7.34. The van der Waals surface area contributed by atoms with Gasteiger partial charge in [-0.25, -0.2) is 4.79 Å². The summed E-state index contributed by atoms with van der Waals surface area (Å²) in [6.45, 7) is 6.56. The monoisotopic (exact) mass is 446 g/mol. The van der Waals surface area contributed by atoms with Crippen LogP contribution in [0.1, 0.15) is 30.8 Å². The van der Waals surface area contributed by atoms with E-state index in [1.807, 2.05) is 44.4 Å². The van der Waals surface area contributed by atoms with E-state index >= 15 is 0 Å². The number of thioether (sulfide) groups is 1. The number of benzene rings is 1. The summed E-state index contributed by atoms with van der Waals surface area (Å²) in [5, 5.41) is 6.70. The lowest BCUT2D eigenvalue weighted by atomic mass is 10.1. The minimum atomic E-state index is -0.674. The SMILES string of the molecule is CSCCC(NC(N)=O)C(=O)N1CCN(C(C)c2nc(-c3ccc(C)cc3)no2)CC1. The molecule has 1 saturated heterocycles. The van der Waals surface area contributed by atoms with Gasteiger partial charge in [-0.1, -0.05) is 35.0 Å². The highest BCUT2D eigenvalue weighted by Gasteiger charge is 2.31. The number of piperazine rings is 1. The first-order valence-corrected chi connectivity index (χ1v) is 11.8. The molecule has 1 aromatic carbocycles. The molecule has 3 rings (SSSR count). The van der Waals surface area contributed by atoms with Gasteiger partial charge in [0, 0.05) is 31.7 Å². The molecule has 9 nitrogen and oxygen atoms in total. The number of hydrogen-bond donors (Lipinski definition) is 2. The molecule has 2 heterocycles. The molecule has 2 atom stereocenters. The molecule has 0 radical (unpaired) electrons. The Morgan fingerprint density at radius 1 is 1.23 bits per heavy atom. The van der Waals surface area contributed by atoms with E-state index in [2.05, 4.69) is 20.4 Å². The number of carbonyl (C=O) groups excluding carboxylic acids is 2. The number of rotatable bonds is 8. The maximum Gasteiger partial charge on any atom is 0.312 e. The highest BCUT2D eigenvalue weighted by atomic mass is 32.2. The number of urea groups is 1. The predicted molar refractivity (Wildman–Crippen MR) is 121 cm³/mol. The zero-order chi connectivity index (χ0) is 22.4. The average Bonchev–Trinajstić information content (AvgIpc) is 3.26. The number of hydrogen-bond acceptors (Lipinski definition) is 7. The topological polar surface area (TPSA) is 118 Å². The molecule has 2 unspecified atom stereocenters. The van der Waals surface area contributed by atoms with E-state index in [0.717, 1.165) is 11.3 Å². The quantitative estimate of drug-likeness (QED) is 0.637. The second-order valence-electron chi connectivity index (χ2n) is 7.70. The van der Waals surface area contributed by atoms with Crippen molar-refractivity contribution in [1.82, 2.24) is 25.3 Å². The zero-order valence-corrected chi connectivity index (χ0v) is 19.0. The third-order valence-corrected chi connectivity index (χ3v) is 6.15. The second-order valence-corrected chi connectivity index (χ2v) is 8.69. The minimum Gasteiger partial charge on any atom is -0.352 e. The second kappa shape index (κ2) is 10.6. The normalized spacial score (nSPS) is 16.7. The smallest absolute Gasteiger partial charge is 0.312 e. The minimum absolute atomic E-state index is 0.0556. The summed E-state index contributed by atoms with van der Waals surface area (Å²) in [5.74, 6) is 1.82. The number of aromatic nitrogens is 2. The molecule has 1 aliphatic rings. The van der Waals surface area contributed by atoms with Gasteiger partial charge in [0.25, 0.3) is 0 Å². The van der Waals surface area contributed by atoms with Crippen molar-refractivity contribution in [2.75, 3.05) is 38.2 Å². The first-order valence-electron chi connectivity index (χ1n) is 10.4. The van der Waals surface area contributed by atoms with Crippen LogP contribution in [0.2, 0.25) is 0 Å². The van der Waals surface area contributed by atoms with Crippen LogP contribution in [0, 0.1) is 6.92 Å². The van der Waals surface area contributed by atoms with Gasteiger partial charge < -0.3 is 20.5 Å². The maximum absolute atomic E-state index is 12.9. The predicted octanol–water partition coefficient (Wildman–Crippen LogP) is 2.04. The van der Waals surface area contributed by atoms with E-state index in [1.165, 1.54) is 5.56 Å². The van der Waals surface area contributed by atoms with Crippen molar-refractivity contribution < 1.29 is 14.1 Å². The molecule has 0 spiro atoms. The van der Waals surface area contributed by atoms with Crippen molar-refractivity contribution >= 4 is 23.7 Å². The summed E-state index contributed by atoms with van der Waals surface area (Å²) in [6, 6.07) is 6.68. The van der Waals surface area contributed by atoms with E-state index in [0.29, 0.717) is 44.3 Å². The molecule has 1 fully saturated rings. The standard InChI is InChI=1S/C21H30N6O3S/c1-14-4-6-16(7-5-14)18-24-19(30-25-18)15(2)26-9-11-27(12-10-26)20(28)17(8-13-31-3)23-21(22)29/h4-7,15,17H,8-13H2,1-3H3,(H3,22,23,29). The van der Waals surface area contributed by atoms with Crippen LogP contribution < -0.4 is 11.1 Å². The number of amides is 3. The number of nitrogens with one attached hydrogen (secondary N) is 1. The van der Waals surface area contributed by atoms with Gasteiger partial charge >= 0.3 is 6.03 Å². The molecule has 10 heteroatoms. The fourth-order valence-electron chi connectivity index (χ4n) is 3.60. The Kier molecular flexibility index (Phi) is 7.91. The number of aryl methyl sites for hydroxylation is 1. The molecule has 1 aromatic heterocycles. The largest absolute Gasteiger partial charge is 0.352 e. The molecule has 1 aliphatic heterocycles. The zero-order valence-electron chi connectivity index (χ0n) is 18.2. The fraction of sp³-hybridized carbons (Fsp3) is 0.524. The van der Waals surface area contributed by atoms with Crippen LogP contribution in [-0.2, 0) is 4.79 Å². The lowest BCUT2D eigenvalue weighted by Gasteiger charge is -2.38. The lowest BCUT2D eigenvalue weighted by molar-refractivity contribution is -0.135. The van der Waals surface area contributed by atoms with Crippen molar-refractivity contribution in [2.24, 2.45) is 5.73 Å². The molecule has 0 bridgehead atoms. The Balaban J connectivity index is 1.58. The summed E-state index contributed by atoms with van der Waals surface area (Å²) in [4.78, 5) is 32.7. The van der Waals surface area contributed by atoms with E-state index < -0.39 is 12.1 Å². The third-order valence-electron chi connectivity index (χ3n) is 5.51. The molecule has 3 N–H and O–H groups in total. The van der Waals surface area contributed by atoms with E-state index in [4.69, 9.17) is 10.3 Å². The molecule has 31 heavy (non-hydrogen) atoms. The van der Waals surface area contributed by atoms with Crippen molar-refractivity contribution in [3.63, 3.8) is 0 Å².